The quantitative estimate of drug-likeness (QED) is 0.354. The molecule has 4 nitrogen and oxygen atoms in total. The molecule has 0 spiro atoms. The van der Waals surface area contributed by atoms with E-state index >= 15 is 0 Å². The molecule has 0 unspecified atom stereocenters. The van der Waals surface area contributed by atoms with Crippen LogP contribution in [0.25, 0.3) is 0 Å². The van der Waals surface area contributed by atoms with Crippen LogP contribution in [0, 0.1) is 0 Å². The summed E-state index contributed by atoms with van der Waals surface area (Å²) in [5.74, 6) is -0.482. The van der Waals surface area contributed by atoms with E-state index in [-0.39, 0.29) is 31.1 Å². The highest BCUT2D eigenvalue weighted by Gasteiger charge is 2.05. The highest BCUT2D eigenvalue weighted by atomic mass is 16.5. The van der Waals surface area contributed by atoms with Gasteiger partial charge in [0, 0.05) is 6.42 Å². The number of hydrogen-bond acceptors (Lipinski definition) is 4. The lowest BCUT2D eigenvalue weighted by Gasteiger charge is -2.01. The maximum Gasteiger partial charge on any atom is 0.306 e. The molecule has 0 aromatic heterocycles. The minimum Gasteiger partial charge on any atom is -0.465 e. The van der Waals surface area contributed by atoms with Crippen molar-refractivity contribution in [3.8, 4) is 0 Å². The summed E-state index contributed by atoms with van der Waals surface area (Å²) < 4.78 is 4.77. The van der Waals surface area contributed by atoms with E-state index in [1.165, 1.54) is 0 Å². The van der Waals surface area contributed by atoms with Gasteiger partial charge in [-0.25, -0.2) is 0 Å². The molecule has 0 aliphatic carbocycles. The van der Waals surface area contributed by atoms with Crippen molar-refractivity contribution in [1.82, 2.24) is 0 Å². The number of ketones is 1. The molecule has 0 saturated heterocycles. The fraction of sp³-hybridized carbons (Fsp3) is 0.556. The number of hydrogen-bond donors (Lipinski definition) is 1. The molecule has 13 heavy (non-hydrogen) atoms. The molecule has 2 N–H and O–H groups in total. The maximum atomic E-state index is 10.9. The van der Waals surface area contributed by atoms with E-state index in [1.807, 2.05) is 0 Å². The molecule has 0 saturated carbocycles. The van der Waals surface area contributed by atoms with E-state index in [2.05, 4.69) is 6.58 Å². The highest BCUT2D eigenvalue weighted by Crippen LogP contribution is 1.94. The standard InChI is InChI=1S/C9H15NO3/c1-2-3-6-13-9(12)5-4-8(11)7-10/h2H,1,3-7,10H2. The lowest BCUT2D eigenvalue weighted by molar-refractivity contribution is -0.144. The minimum absolute atomic E-state index is 0.0140. The van der Waals surface area contributed by atoms with Crippen LogP contribution in [-0.4, -0.2) is 24.9 Å². The lowest BCUT2D eigenvalue weighted by atomic mass is 10.2. The Morgan fingerprint density at radius 2 is 2.08 bits per heavy atom. The summed E-state index contributed by atoms with van der Waals surface area (Å²) in [5, 5.41) is 0. The molecule has 0 heterocycles. The Morgan fingerprint density at radius 3 is 2.62 bits per heavy atom. The summed E-state index contributed by atoms with van der Waals surface area (Å²) in [7, 11) is 0. The minimum atomic E-state index is -0.358. The number of Topliss-reactive ketones (excluding diaryl/α,β-unsaturated/α-hetero) is 1. The zero-order chi connectivity index (χ0) is 10.1. The van der Waals surface area contributed by atoms with Gasteiger partial charge in [0.15, 0.2) is 0 Å². The molecule has 0 aliphatic heterocycles. The van der Waals surface area contributed by atoms with Gasteiger partial charge in [0.05, 0.1) is 19.6 Å². The molecule has 0 atom stereocenters. The third kappa shape index (κ3) is 7.21. The van der Waals surface area contributed by atoms with Crippen LogP contribution >= 0.6 is 0 Å². The Balaban J connectivity index is 3.40. The summed E-state index contributed by atoms with van der Waals surface area (Å²) in [6, 6.07) is 0. The Hall–Kier alpha value is -1.16. The van der Waals surface area contributed by atoms with Crippen molar-refractivity contribution in [3.63, 3.8) is 0 Å². The summed E-state index contributed by atoms with van der Waals surface area (Å²) in [6.07, 6.45) is 2.59. The molecule has 0 bridgehead atoms. The van der Waals surface area contributed by atoms with E-state index in [0.29, 0.717) is 13.0 Å². The molecule has 0 rings (SSSR count). The SMILES string of the molecule is C=CCCOC(=O)CCC(=O)CN. The van der Waals surface area contributed by atoms with Gasteiger partial charge in [0.1, 0.15) is 5.78 Å². The van der Waals surface area contributed by atoms with Gasteiger partial charge in [0.25, 0.3) is 0 Å². The smallest absolute Gasteiger partial charge is 0.306 e. The first-order valence-corrected chi connectivity index (χ1v) is 4.19. The topological polar surface area (TPSA) is 69.4 Å². The molecule has 74 valence electrons. The van der Waals surface area contributed by atoms with E-state index < -0.39 is 0 Å². The number of carbonyl (C=O) groups excluding carboxylic acids is 2. The predicted octanol–water partition coefficient (Wildman–Crippen LogP) is 0.414. The molecule has 0 fully saturated rings. The van der Waals surface area contributed by atoms with Crippen LogP contribution in [0.1, 0.15) is 19.3 Å². The monoisotopic (exact) mass is 185 g/mol. The Bertz CT molecular complexity index is 189. The third-order valence-corrected chi connectivity index (χ3v) is 1.42. The van der Waals surface area contributed by atoms with Crippen molar-refractivity contribution in [2.24, 2.45) is 5.73 Å². The van der Waals surface area contributed by atoms with Gasteiger partial charge in [-0.15, -0.1) is 6.58 Å². The molecular weight excluding hydrogens is 170 g/mol. The maximum absolute atomic E-state index is 10.9. The van der Waals surface area contributed by atoms with Gasteiger partial charge in [-0.05, 0) is 6.42 Å². The zero-order valence-electron chi connectivity index (χ0n) is 7.62. The fourth-order valence-electron chi connectivity index (χ4n) is 0.672. The van der Waals surface area contributed by atoms with Gasteiger partial charge in [-0.1, -0.05) is 6.08 Å². The van der Waals surface area contributed by atoms with Crippen molar-refractivity contribution >= 4 is 11.8 Å². The predicted molar refractivity (Wildman–Crippen MR) is 49.1 cm³/mol. The van der Waals surface area contributed by atoms with Crippen molar-refractivity contribution in [2.45, 2.75) is 19.3 Å². The van der Waals surface area contributed by atoms with Gasteiger partial charge in [-0.2, -0.15) is 0 Å². The van der Waals surface area contributed by atoms with E-state index in [9.17, 15) is 9.59 Å². The first kappa shape index (κ1) is 11.8. The van der Waals surface area contributed by atoms with E-state index in [1.54, 1.807) is 6.08 Å². The van der Waals surface area contributed by atoms with Crippen LogP contribution in [0.15, 0.2) is 12.7 Å². The van der Waals surface area contributed by atoms with Crippen LogP contribution in [0.5, 0.6) is 0 Å². The lowest BCUT2D eigenvalue weighted by Crippen LogP contribution is -2.15. The average molecular weight is 185 g/mol. The van der Waals surface area contributed by atoms with Crippen LogP contribution in [0.4, 0.5) is 0 Å². The first-order valence-electron chi connectivity index (χ1n) is 4.19. The molecule has 0 aliphatic rings. The number of esters is 1. The first-order chi connectivity index (χ1) is 6.20. The molecular formula is C9H15NO3. The summed E-state index contributed by atoms with van der Waals surface area (Å²) >= 11 is 0. The van der Waals surface area contributed by atoms with Crippen LogP contribution in [0.3, 0.4) is 0 Å². The normalized spacial score (nSPS) is 9.31. The summed E-state index contributed by atoms with van der Waals surface area (Å²) in [5.41, 5.74) is 5.06. The zero-order valence-corrected chi connectivity index (χ0v) is 7.62. The largest absolute Gasteiger partial charge is 0.465 e. The number of rotatable bonds is 7. The fourth-order valence-corrected chi connectivity index (χ4v) is 0.672. The summed E-state index contributed by atoms with van der Waals surface area (Å²) in [4.78, 5) is 21.6. The van der Waals surface area contributed by atoms with Gasteiger partial charge in [0.2, 0.25) is 0 Å². The molecule has 0 aromatic carbocycles. The van der Waals surface area contributed by atoms with Crippen LogP contribution in [0.2, 0.25) is 0 Å². The van der Waals surface area contributed by atoms with Crippen molar-refractivity contribution in [2.75, 3.05) is 13.2 Å². The highest BCUT2D eigenvalue weighted by molar-refractivity contribution is 5.84. The van der Waals surface area contributed by atoms with Crippen molar-refractivity contribution in [1.29, 1.82) is 0 Å². The second-order valence-corrected chi connectivity index (χ2v) is 2.54. The Morgan fingerprint density at radius 1 is 1.38 bits per heavy atom. The average Bonchev–Trinajstić information content (AvgIpc) is 2.14. The molecule has 0 amide bonds. The van der Waals surface area contributed by atoms with Crippen molar-refractivity contribution in [3.05, 3.63) is 12.7 Å². The second-order valence-electron chi connectivity index (χ2n) is 2.54. The van der Waals surface area contributed by atoms with Gasteiger partial charge in [-0.3, -0.25) is 9.59 Å². The molecule has 0 aromatic rings. The summed E-state index contributed by atoms with van der Waals surface area (Å²) in [6.45, 7) is 3.80. The van der Waals surface area contributed by atoms with E-state index in [4.69, 9.17) is 10.5 Å². The van der Waals surface area contributed by atoms with Gasteiger partial charge < -0.3 is 10.5 Å². The molecule has 4 heteroatoms. The Labute approximate surface area is 77.7 Å². The van der Waals surface area contributed by atoms with Gasteiger partial charge >= 0.3 is 5.97 Å². The number of nitrogens with two attached hydrogens (primary N) is 1. The third-order valence-electron chi connectivity index (χ3n) is 1.42. The second kappa shape index (κ2) is 7.49. The molecule has 0 radical (unpaired) electrons. The van der Waals surface area contributed by atoms with Crippen LogP contribution in [-0.2, 0) is 14.3 Å². The van der Waals surface area contributed by atoms with Crippen LogP contribution < -0.4 is 5.73 Å². The van der Waals surface area contributed by atoms with E-state index in [0.717, 1.165) is 0 Å². The number of ether oxygens (including phenoxy) is 1. The Kier molecular flexibility index (Phi) is 6.82. The van der Waals surface area contributed by atoms with Crippen molar-refractivity contribution < 1.29 is 14.3 Å². The number of carbonyl (C=O) groups is 2.